The highest BCUT2D eigenvalue weighted by molar-refractivity contribution is 9.10. The van der Waals surface area contributed by atoms with Crippen molar-refractivity contribution >= 4 is 39.1 Å². The Labute approximate surface area is 191 Å². The van der Waals surface area contributed by atoms with Crippen LogP contribution in [0.1, 0.15) is 41.0 Å². The van der Waals surface area contributed by atoms with E-state index in [1.807, 2.05) is 24.3 Å². The van der Waals surface area contributed by atoms with Gasteiger partial charge in [-0.1, -0.05) is 29.8 Å². The maximum atomic E-state index is 12.5. The van der Waals surface area contributed by atoms with Gasteiger partial charge in [0.25, 0.3) is 11.8 Å². The zero-order valence-corrected chi connectivity index (χ0v) is 19.1. The Balaban J connectivity index is 1.54. The summed E-state index contributed by atoms with van der Waals surface area (Å²) in [4.78, 5) is 24.9. The van der Waals surface area contributed by atoms with Crippen LogP contribution < -0.4 is 15.4 Å². The number of carbonyl (C=O) groups is 2. The predicted octanol–water partition coefficient (Wildman–Crippen LogP) is 6.38. The number of nitrogens with one attached hydrogen (secondary N) is 2. The Kier molecular flexibility index (Phi) is 7.84. The third kappa shape index (κ3) is 6.96. The molecule has 0 heterocycles. The molecule has 0 aromatic heterocycles. The van der Waals surface area contributed by atoms with Crippen molar-refractivity contribution in [2.75, 3.05) is 17.2 Å². The van der Waals surface area contributed by atoms with Gasteiger partial charge in [-0.15, -0.1) is 0 Å². The first-order valence-corrected chi connectivity index (χ1v) is 10.9. The van der Waals surface area contributed by atoms with Gasteiger partial charge in [0.1, 0.15) is 5.75 Å². The van der Waals surface area contributed by atoms with Gasteiger partial charge < -0.3 is 15.4 Å². The maximum absolute atomic E-state index is 12.5. The molecule has 0 unspecified atom stereocenters. The molecule has 6 heteroatoms. The number of anilines is 2. The summed E-state index contributed by atoms with van der Waals surface area (Å²) < 4.78 is 6.63. The van der Waals surface area contributed by atoms with Gasteiger partial charge in [-0.05, 0) is 85.1 Å². The number of carbonyl (C=O) groups excluding carboxylic acids is 2. The molecule has 0 radical (unpaired) electrons. The maximum Gasteiger partial charge on any atom is 0.255 e. The van der Waals surface area contributed by atoms with Crippen LogP contribution >= 0.6 is 15.9 Å². The Morgan fingerprint density at radius 2 is 1.23 bits per heavy atom. The second kappa shape index (κ2) is 10.8. The van der Waals surface area contributed by atoms with Crippen molar-refractivity contribution < 1.29 is 14.3 Å². The summed E-state index contributed by atoms with van der Waals surface area (Å²) in [6.45, 7) is 4.96. The Bertz CT molecular complexity index is 1010. The lowest BCUT2D eigenvalue weighted by Crippen LogP contribution is -2.13. The number of rotatable bonds is 8. The fraction of sp³-hybridized carbons (Fsp3) is 0.200. The van der Waals surface area contributed by atoms with Crippen LogP contribution in [-0.4, -0.2) is 18.4 Å². The molecule has 0 aliphatic rings. The molecule has 0 atom stereocenters. The lowest BCUT2D eigenvalue weighted by Gasteiger charge is -2.10. The van der Waals surface area contributed by atoms with Crippen LogP contribution in [0, 0.1) is 5.92 Å². The van der Waals surface area contributed by atoms with Gasteiger partial charge in [0.2, 0.25) is 0 Å². The molecule has 160 valence electrons. The highest BCUT2D eigenvalue weighted by Crippen LogP contribution is 2.18. The van der Waals surface area contributed by atoms with Gasteiger partial charge in [0.05, 0.1) is 6.61 Å². The minimum absolute atomic E-state index is 0.215. The van der Waals surface area contributed by atoms with E-state index in [0.717, 1.165) is 16.6 Å². The van der Waals surface area contributed by atoms with Crippen molar-refractivity contribution in [3.63, 3.8) is 0 Å². The second-order valence-corrected chi connectivity index (χ2v) is 8.46. The SMILES string of the molecule is CC(C)CCOc1ccc(C(=O)Nc2ccc(C(=O)Nc3ccc(Br)cc3)cc2)cc1. The number of ether oxygens (including phenoxy) is 1. The fourth-order valence-corrected chi connectivity index (χ4v) is 3.02. The van der Waals surface area contributed by atoms with E-state index in [1.54, 1.807) is 48.5 Å². The first kappa shape index (κ1) is 22.6. The molecular weight excluding hydrogens is 456 g/mol. The molecule has 0 saturated carbocycles. The summed E-state index contributed by atoms with van der Waals surface area (Å²) in [6, 6.07) is 21.2. The van der Waals surface area contributed by atoms with Crippen LogP contribution in [0.5, 0.6) is 5.75 Å². The van der Waals surface area contributed by atoms with Gasteiger partial charge in [0, 0.05) is 27.0 Å². The topological polar surface area (TPSA) is 67.4 Å². The van der Waals surface area contributed by atoms with Crippen LogP contribution in [0.15, 0.2) is 77.3 Å². The molecular formula is C25H25BrN2O3. The third-order valence-electron chi connectivity index (χ3n) is 4.59. The molecule has 31 heavy (non-hydrogen) atoms. The van der Waals surface area contributed by atoms with Crippen molar-refractivity contribution in [1.29, 1.82) is 0 Å². The summed E-state index contributed by atoms with van der Waals surface area (Å²) in [6.07, 6.45) is 0.986. The zero-order valence-electron chi connectivity index (χ0n) is 17.5. The number of hydrogen-bond acceptors (Lipinski definition) is 3. The molecule has 0 spiro atoms. The van der Waals surface area contributed by atoms with E-state index < -0.39 is 0 Å². The summed E-state index contributed by atoms with van der Waals surface area (Å²) in [7, 11) is 0. The van der Waals surface area contributed by atoms with E-state index >= 15 is 0 Å². The van der Waals surface area contributed by atoms with Gasteiger partial charge in [-0.2, -0.15) is 0 Å². The molecule has 0 aliphatic heterocycles. The van der Waals surface area contributed by atoms with Crippen molar-refractivity contribution in [2.45, 2.75) is 20.3 Å². The van der Waals surface area contributed by atoms with Crippen LogP contribution in [0.25, 0.3) is 0 Å². The average Bonchev–Trinajstić information content (AvgIpc) is 2.76. The number of halogens is 1. The number of benzene rings is 3. The lowest BCUT2D eigenvalue weighted by molar-refractivity contribution is 0.102. The molecule has 0 bridgehead atoms. The molecule has 0 saturated heterocycles. The number of hydrogen-bond donors (Lipinski definition) is 2. The summed E-state index contributed by atoms with van der Waals surface area (Å²) in [5.74, 6) is 0.899. The first-order chi connectivity index (χ1) is 14.9. The Morgan fingerprint density at radius 3 is 1.71 bits per heavy atom. The second-order valence-electron chi connectivity index (χ2n) is 7.55. The van der Waals surface area contributed by atoms with E-state index in [9.17, 15) is 9.59 Å². The highest BCUT2D eigenvalue weighted by Gasteiger charge is 2.09. The van der Waals surface area contributed by atoms with Crippen LogP contribution in [0.3, 0.4) is 0 Å². The molecule has 0 fully saturated rings. The number of amides is 2. The molecule has 5 nitrogen and oxygen atoms in total. The quantitative estimate of drug-likeness (QED) is 0.393. The standard InChI is InChI=1S/C25H25BrN2O3/c1-17(2)15-16-31-23-13-5-19(6-14-23)25(30)27-21-9-3-18(4-10-21)24(29)28-22-11-7-20(26)8-12-22/h3-14,17H,15-16H2,1-2H3,(H,27,30)(H,28,29). The van der Waals surface area contributed by atoms with Crippen molar-refractivity contribution in [1.82, 2.24) is 0 Å². The smallest absolute Gasteiger partial charge is 0.255 e. The van der Waals surface area contributed by atoms with E-state index in [1.165, 1.54) is 0 Å². The van der Waals surface area contributed by atoms with Crippen molar-refractivity contribution in [2.24, 2.45) is 5.92 Å². The van der Waals surface area contributed by atoms with Crippen LogP contribution in [-0.2, 0) is 0 Å². The zero-order chi connectivity index (χ0) is 22.2. The van der Waals surface area contributed by atoms with Gasteiger partial charge in [0.15, 0.2) is 0 Å². The van der Waals surface area contributed by atoms with Gasteiger partial charge in [-0.25, -0.2) is 0 Å². The molecule has 3 aromatic rings. The summed E-state index contributed by atoms with van der Waals surface area (Å²) in [5, 5.41) is 5.68. The highest BCUT2D eigenvalue weighted by atomic mass is 79.9. The molecule has 2 N–H and O–H groups in total. The van der Waals surface area contributed by atoms with Crippen LogP contribution in [0.2, 0.25) is 0 Å². The Hall–Kier alpha value is -3.12. The lowest BCUT2D eigenvalue weighted by atomic mass is 10.1. The minimum atomic E-state index is -0.221. The minimum Gasteiger partial charge on any atom is -0.494 e. The third-order valence-corrected chi connectivity index (χ3v) is 5.12. The van der Waals surface area contributed by atoms with Crippen LogP contribution in [0.4, 0.5) is 11.4 Å². The van der Waals surface area contributed by atoms with Gasteiger partial charge in [-0.3, -0.25) is 9.59 Å². The van der Waals surface area contributed by atoms with E-state index in [-0.39, 0.29) is 11.8 Å². The van der Waals surface area contributed by atoms with Gasteiger partial charge >= 0.3 is 0 Å². The van der Waals surface area contributed by atoms with Crippen molar-refractivity contribution in [3.05, 3.63) is 88.4 Å². The van der Waals surface area contributed by atoms with E-state index in [0.29, 0.717) is 35.0 Å². The monoisotopic (exact) mass is 480 g/mol. The Morgan fingerprint density at radius 1 is 0.774 bits per heavy atom. The predicted molar refractivity (Wildman–Crippen MR) is 128 cm³/mol. The molecule has 0 aliphatic carbocycles. The fourth-order valence-electron chi connectivity index (χ4n) is 2.76. The first-order valence-electron chi connectivity index (χ1n) is 10.1. The molecule has 2 amide bonds. The van der Waals surface area contributed by atoms with E-state index in [2.05, 4.69) is 40.4 Å². The van der Waals surface area contributed by atoms with E-state index in [4.69, 9.17) is 4.74 Å². The largest absolute Gasteiger partial charge is 0.494 e. The average molecular weight is 481 g/mol. The normalized spacial score (nSPS) is 10.6. The molecule has 3 rings (SSSR count). The van der Waals surface area contributed by atoms with Crippen molar-refractivity contribution in [3.8, 4) is 5.75 Å². The molecule has 3 aromatic carbocycles. The summed E-state index contributed by atoms with van der Waals surface area (Å²) >= 11 is 3.37. The summed E-state index contributed by atoms with van der Waals surface area (Å²) in [5.41, 5.74) is 2.36.